The summed E-state index contributed by atoms with van der Waals surface area (Å²) in [5.41, 5.74) is 5.94. The van der Waals surface area contributed by atoms with E-state index in [4.69, 9.17) is 28.9 Å². The fourth-order valence-corrected chi connectivity index (χ4v) is 4.26. The van der Waals surface area contributed by atoms with Gasteiger partial charge in [0.05, 0.1) is 26.0 Å². The zero-order valence-electron chi connectivity index (χ0n) is 8.66. The molecule has 0 radical (unpaired) electrons. The van der Waals surface area contributed by atoms with Gasteiger partial charge in [-0.05, 0) is 31.0 Å². The highest BCUT2D eigenvalue weighted by Crippen LogP contribution is 2.31. The van der Waals surface area contributed by atoms with E-state index in [0.717, 1.165) is 19.3 Å². The molecule has 0 amide bonds. The predicted molar refractivity (Wildman–Crippen MR) is 68.5 cm³/mol. The average Bonchev–Trinajstić information content (AvgIpc) is 2.67. The lowest BCUT2D eigenvalue weighted by Gasteiger charge is -2.15. The van der Waals surface area contributed by atoms with Crippen LogP contribution in [0.15, 0.2) is 23.1 Å². The molecule has 0 heterocycles. The van der Waals surface area contributed by atoms with Crippen LogP contribution in [0, 0.1) is 0 Å². The van der Waals surface area contributed by atoms with Gasteiger partial charge in [-0.15, -0.1) is 0 Å². The van der Waals surface area contributed by atoms with Crippen LogP contribution < -0.4 is 5.73 Å². The fourth-order valence-electron chi connectivity index (χ4n) is 2.01. The molecule has 3 atom stereocenters. The molecular weight excluding hydrogens is 265 g/mol. The van der Waals surface area contributed by atoms with Gasteiger partial charge in [-0.3, -0.25) is 4.21 Å². The minimum absolute atomic E-state index is 0.0101. The lowest BCUT2D eigenvalue weighted by atomic mass is 10.3. The maximum atomic E-state index is 12.3. The molecule has 1 aromatic rings. The third-order valence-corrected chi connectivity index (χ3v) is 5.47. The summed E-state index contributed by atoms with van der Waals surface area (Å²) < 4.78 is 12.3. The molecule has 1 aromatic carbocycles. The van der Waals surface area contributed by atoms with Gasteiger partial charge >= 0.3 is 0 Å². The topological polar surface area (TPSA) is 43.1 Å². The molecule has 1 aliphatic carbocycles. The second kappa shape index (κ2) is 5.05. The van der Waals surface area contributed by atoms with E-state index in [-0.39, 0.29) is 11.3 Å². The molecule has 0 saturated heterocycles. The molecule has 88 valence electrons. The van der Waals surface area contributed by atoms with Crippen LogP contribution in [-0.4, -0.2) is 15.5 Å². The quantitative estimate of drug-likeness (QED) is 0.903. The first-order valence-corrected chi connectivity index (χ1v) is 7.17. The molecule has 16 heavy (non-hydrogen) atoms. The Bertz CT molecular complexity index is 424. The fraction of sp³-hybridized carbons (Fsp3) is 0.455. The minimum Gasteiger partial charge on any atom is -0.327 e. The van der Waals surface area contributed by atoms with Crippen molar-refractivity contribution in [2.45, 2.75) is 35.4 Å². The van der Waals surface area contributed by atoms with Crippen molar-refractivity contribution >= 4 is 34.0 Å². The Hall–Kier alpha value is -0.0900. The van der Waals surface area contributed by atoms with Crippen molar-refractivity contribution in [1.82, 2.24) is 0 Å². The Balaban J connectivity index is 2.29. The Morgan fingerprint density at radius 1 is 1.31 bits per heavy atom. The maximum absolute atomic E-state index is 12.3. The van der Waals surface area contributed by atoms with Gasteiger partial charge in [0.2, 0.25) is 0 Å². The zero-order chi connectivity index (χ0) is 11.7. The third-order valence-electron chi connectivity index (χ3n) is 2.89. The summed E-state index contributed by atoms with van der Waals surface area (Å²) in [6.07, 6.45) is 2.88. The molecule has 0 spiro atoms. The summed E-state index contributed by atoms with van der Waals surface area (Å²) in [5.74, 6) is 0. The van der Waals surface area contributed by atoms with Crippen LogP contribution in [0.5, 0.6) is 0 Å². The van der Waals surface area contributed by atoms with Crippen molar-refractivity contribution in [2.75, 3.05) is 0 Å². The van der Waals surface area contributed by atoms with Gasteiger partial charge in [-0.2, -0.15) is 0 Å². The Morgan fingerprint density at radius 3 is 2.69 bits per heavy atom. The zero-order valence-corrected chi connectivity index (χ0v) is 11.0. The van der Waals surface area contributed by atoms with E-state index in [1.807, 2.05) is 0 Å². The van der Waals surface area contributed by atoms with E-state index in [9.17, 15) is 4.21 Å². The molecule has 3 unspecified atom stereocenters. The van der Waals surface area contributed by atoms with Gasteiger partial charge in [0.1, 0.15) is 0 Å². The molecule has 0 aromatic heterocycles. The number of hydrogen-bond acceptors (Lipinski definition) is 2. The van der Waals surface area contributed by atoms with Crippen molar-refractivity contribution in [2.24, 2.45) is 5.73 Å². The van der Waals surface area contributed by atoms with Crippen LogP contribution in [-0.2, 0) is 10.8 Å². The summed E-state index contributed by atoms with van der Waals surface area (Å²) in [6.45, 7) is 0. The third kappa shape index (κ3) is 2.43. The second-order valence-corrected chi connectivity index (χ2v) is 6.49. The summed E-state index contributed by atoms with van der Waals surface area (Å²) >= 11 is 11.9. The SMILES string of the molecule is NC1CCCC1S(=O)c1cc(Cl)ccc1Cl. The first-order chi connectivity index (χ1) is 7.59. The summed E-state index contributed by atoms with van der Waals surface area (Å²) in [4.78, 5) is 0.608. The molecule has 0 aliphatic heterocycles. The Morgan fingerprint density at radius 2 is 2.06 bits per heavy atom. The van der Waals surface area contributed by atoms with Gasteiger partial charge in [0.25, 0.3) is 0 Å². The summed E-state index contributed by atoms with van der Waals surface area (Å²) in [5, 5.41) is 1.07. The number of halogens is 2. The highest BCUT2D eigenvalue weighted by Gasteiger charge is 2.30. The van der Waals surface area contributed by atoms with Crippen LogP contribution >= 0.6 is 23.2 Å². The van der Waals surface area contributed by atoms with E-state index >= 15 is 0 Å². The maximum Gasteiger partial charge on any atom is 0.0592 e. The molecule has 5 heteroatoms. The smallest absolute Gasteiger partial charge is 0.0592 e. The number of rotatable bonds is 2. The molecule has 1 aliphatic rings. The van der Waals surface area contributed by atoms with E-state index in [1.165, 1.54) is 0 Å². The van der Waals surface area contributed by atoms with Gasteiger partial charge in [-0.1, -0.05) is 29.6 Å². The minimum atomic E-state index is -1.15. The molecule has 2 N–H and O–H groups in total. The van der Waals surface area contributed by atoms with Crippen molar-refractivity contribution < 1.29 is 4.21 Å². The highest BCUT2D eigenvalue weighted by atomic mass is 35.5. The van der Waals surface area contributed by atoms with Crippen LogP contribution in [0.4, 0.5) is 0 Å². The first kappa shape index (κ1) is 12.4. The molecule has 1 fully saturated rings. The van der Waals surface area contributed by atoms with E-state index in [2.05, 4.69) is 0 Å². The number of hydrogen-bond donors (Lipinski definition) is 1. The number of benzene rings is 1. The van der Waals surface area contributed by atoms with Crippen molar-refractivity contribution in [3.63, 3.8) is 0 Å². The monoisotopic (exact) mass is 277 g/mol. The van der Waals surface area contributed by atoms with E-state index < -0.39 is 10.8 Å². The normalized spacial score (nSPS) is 26.9. The highest BCUT2D eigenvalue weighted by molar-refractivity contribution is 7.86. The Kier molecular flexibility index (Phi) is 3.90. The van der Waals surface area contributed by atoms with Crippen LogP contribution in [0.2, 0.25) is 10.0 Å². The van der Waals surface area contributed by atoms with Crippen LogP contribution in [0.3, 0.4) is 0 Å². The van der Waals surface area contributed by atoms with Crippen molar-refractivity contribution in [3.05, 3.63) is 28.2 Å². The predicted octanol–water partition coefficient (Wildman–Crippen LogP) is 2.98. The van der Waals surface area contributed by atoms with Crippen molar-refractivity contribution in [3.8, 4) is 0 Å². The first-order valence-electron chi connectivity index (χ1n) is 5.21. The lowest BCUT2D eigenvalue weighted by Crippen LogP contribution is -2.32. The van der Waals surface area contributed by atoms with Gasteiger partial charge in [0, 0.05) is 11.1 Å². The number of nitrogens with two attached hydrogens (primary N) is 1. The second-order valence-electron chi connectivity index (χ2n) is 4.01. The molecule has 2 rings (SSSR count). The van der Waals surface area contributed by atoms with Crippen LogP contribution in [0.25, 0.3) is 0 Å². The Labute approximate surface area is 108 Å². The lowest BCUT2D eigenvalue weighted by molar-refractivity contribution is 0.649. The molecule has 0 bridgehead atoms. The van der Waals surface area contributed by atoms with Crippen LogP contribution in [0.1, 0.15) is 19.3 Å². The molecule has 2 nitrogen and oxygen atoms in total. The molecular formula is C11H13Cl2NOS. The standard InChI is InChI=1S/C11H13Cl2NOS/c12-7-4-5-8(13)11(6-7)16(15)10-3-1-2-9(10)14/h4-6,9-10H,1-3,14H2. The van der Waals surface area contributed by atoms with Gasteiger partial charge in [-0.25, -0.2) is 0 Å². The van der Waals surface area contributed by atoms with E-state index in [1.54, 1.807) is 18.2 Å². The summed E-state index contributed by atoms with van der Waals surface area (Å²) in [6, 6.07) is 5.05. The van der Waals surface area contributed by atoms with Gasteiger partial charge in [0.15, 0.2) is 0 Å². The van der Waals surface area contributed by atoms with Gasteiger partial charge < -0.3 is 5.73 Å². The van der Waals surface area contributed by atoms with E-state index in [0.29, 0.717) is 14.9 Å². The molecule has 1 saturated carbocycles. The largest absolute Gasteiger partial charge is 0.327 e. The summed E-state index contributed by atoms with van der Waals surface area (Å²) in [7, 11) is -1.15. The average molecular weight is 278 g/mol. The van der Waals surface area contributed by atoms with Crippen molar-refractivity contribution in [1.29, 1.82) is 0 Å².